The predicted octanol–water partition coefficient (Wildman–Crippen LogP) is 8.60. The van der Waals surface area contributed by atoms with Crippen molar-refractivity contribution in [2.45, 2.75) is 60.5 Å². The van der Waals surface area contributed by atoms with Crippen LogP contribution in [0.1, 0.15) is 0 Å². The van der Waals surface area contributed by atoms with Gasteiger partial charge in [0.25, 0.3) is 0 Å². The first-order valence-electron chi connectivity index (χ1n) is 8.39. The highest BCUT2D eigenvalue weighted by Crippen LogP contribution is 2.62. The first-order chi connectivity index (χ1) is 17.7. The van der Waals surface area contributed by atoms with Crippen molar-refractivity contribution in [1.82, 2.24) is 0 Å². The van der Waals surface area contributed by atoms with Gasteiger partial charge >= 0.3 is 75.4 Å². The highest BCUT2D eigenvalue weighted by molar-refractivity contribution is 6.68. The zero-order chi connectivity index (χ0) is 34.8. The summed E-state index contributed by atoms with van der Waals surface area (Å²) in [5.74, 6) is -36.4. The summed E-state index contributed by atoms with van der Waals surface area (Å²) in [6.07, 6.45) is -54.3. The maximum atomic E-state index is 14.5. The Morgan fingerprint density at radius 1 is 0.357 bits per heavy atom. The molecule has 0 amide bonds. The second-order valence-corrected chi connectivity index (χ2v) is 8.94. The smallest absolute Gasteiger partial charge is 0.322 e. The van der Waals surface area contributed by atoms with Crippen molar-refractivity contribution in [3.8, 4) is 0 Å². The maximum Gasteiger partial charge on any atom is 0.584 e. The van der Waals surface area contributed by atoms with E-state index < -0.39 is 80.9 Å². The lowest BCUT2D eigenvalue weighted by atomic mass is 9.97. The molecular formula is C12F26O3Si. The second-order valence-electron chi connectivity index (χ2n) is 6.78. The van der Waals surface area contributed by atoms with E-state index in [4.69, 9.17) is 0 Å². The molecule has 0 aromatic carbocycles. The van der Waals surface area contributed by atoms with E-state index in [1.807, 2.05) is 0 Å². The quantitative estimate of drug-likeness (QED) is 0.168. The van der Waals surface area contributed by atoms with Gasteiger partial charge in [-0.2, -0.15) is 110 Å². The van der Waals surface area contributed by atoms with Gasteiger partial charge < -0.3 is 13.3 Å². The average Bonchev–Trinajstić information content (AvgIpc) is 2.68. The third-order valence-corrected chi connectivity index (χ3v) is 6.13. The molecule has 0 aliphatic rings. The van der Waals surface area contributed by atoms with Crippen molar-refractivity contribution in [3.63, 3.8) is 0 Å². The molecule has 3 nitrogen and oxygen atoms in total. The van der Waals surface area contributed by atoms with Crippen LogP contribution in [0.25, 0.3) is 0 Å². The Kier molecular flexibility index (Phi) is 10.1. The van der Waals surface area contributed by atoms with Gasteiger partial charge in [-0.1, -0.05) is 0 Å². The fraction of sp³-hybridized carbons (Fsp3) is 0.833. The van der Waals surface area contributed by atoms with Crippen molar-refractivity contribution in [1.29, 1.82) is 0 Å². The Hall–Kier alpha value is -1.98. The van der Waals surface area contributed by atoms with Gasteiger partial charge in [-0.3, -0.25) is 0 Å². The lowest BCUT2D eigenvalue weighted by Crippen LogP contribution is -2.75. The van der Waals surface area contributed by atoms with E-state index in [9.17, 15) is 114 Å². The minimum absolute atomic E-state index is 1.43. The zero-order valence-corrected chi connectivity index (χ0v) is 18.6. The summed E-state index contributed by atoms with van der Waals surface area (Å²) in [7, 11) is -10.4. The lowest BCUT2D eigenvalue weighted by Gasteiger charge is -2.44. The molecule has 0 saturated heterocycles. The molecule has 0 aliphatic carbocycles. The predicted molar refractivity (Wildman–Crippen MR) is 72.2 cm³/mol. The van der Waals surface area contributed by atoms with Crippen LogP contribution < -0.4 is 0 Å². The molecule has 0 fully saturated rings. The van der Waals surface area contributed by atoms with Crippen LogP contribution in [0.2, 0.25) is 0 Å². The van der Waals surface area contributed by atoms with Gasteiger partial charge in [0.15, 0.2) is 0 Å². The first kappa shape index (κ1) is 40.0. The molecule has 0 spiro atoms. The van der Waals surface area contributed by atoms with Crippen molar-refractivity contribution in [2.75, 3.05) is 0 Å². The van der Waals surface area contributed by atoms with Crippen LogP contribution in [-0.2, 0) is 13.3 Å². The molecule has 0 aromatic rings. The lowest BCUT2D eigenvalue weighted by molar-refractivity contribution is -0.470. The monoisotopic (exact) mass is 714 g/mol. The SMILES string of the molecule is FC(F)=C(F)[Si](OC(F)(F)C(F)(F)F)(OC(F)(F)C(F)(F)F)OC(F)(C(F)(F)F)C(F)(F)C(F)(F)C(F)(F)C(F)(F)F. The molecular weight excluding hydrogens is 714 g/mol. The van der Waals surface area contributed by atoms with Crippen molar-refractivity contribution in [3.05, 3.63) is 11.5 Å². The highest BCUT2D eigenvalue weighted by Gasteiger charge is 2.93. The van der Waals surface area contributed by atoms with Crippen LogP contribution in [0, 0.1) is 0 Å². The fourth-order valence-corrected chi connectivity index (χ4v) is 3.97. The molecule has 1 atom stereocenters. The molecule has 0 aliphatic heterocycles. The third kappa shape index (κ3) is 6.57. The molecule has 0 N–H and O–H groups in total. The van der Waals surface area contributed by atoms with Crippen LogP contribution in [0.15, 0.2) is 11.5 Å². The van der Waals surface area contributed by atoms with Crippen molar-refractivity contribution < 1.29 is 127 Å². The Morgan fingerprint density at radius 2 is 0.667 bits per heavy atom. The fourth-order valence-electron chi connectivity index (χ4n) is 1.83. The number of halogens is 26. The Morgan fingerprint density at radius 3 is 0.881 bits per heavy atom. The maximum absolute atomic E-state index is 14.5. The molecule has 0 radical (unpaired) electrons. The Labute approximate surface area is 209 Å². The first-order valence-corrected chi connectivity index (χ1v) is 10.1. The average molecular weight is 714 g/mol. The van der Waals surface area contributed by atoms with Crippen LogP contribution >= 0.6 is 0 Å². The molecule has 1 unspecified atom stereocenters. The summed E-state index contributed by atoms with van der Waals surface area (Å²) in [6, 6.07) is 0. The van der Waals surface area contributed by atoms with E-state index in [2.05, 4.69) is 0 Å². The van der Waals surface area contributed by atoms with E-state index in [0.717, 1.165) is 0 Å². The van der Waals surface area contributed by atoms with Gasteiger partial charge in [0.05, 0.1) is 0 Å². The van der Waals surface area contributed by atoms with Crippen LogP contribution in [-0.4, -0.2) is 69.3 Å². The van der Waals surface area contributed by atoms with Crippen molar-refractivity contribution in [2.24, 2.45) is 0 Å². The Balaban J connectivity index is 8.19. The van der Waals surface area contributed by atoms with Gasteiger partial charge in [-0.25, -0.2) is 4.39 Å². The molecule has 0 heterocycles. The zero-order valence-electron chi connectivity index (χ0n) is 17.6. The molecule has 0 saturated carbocycles. The molecule has 0 rings (SSSR count). The summed E-state index contributed by atoms with van der Waals surface area (Å²) in [4.78, 5) is 0. The summed E-state index contributed by atoms with van der Waals surface area (Å²) in [5.41, 5.74) is -5.41. The van der Waals surface area contributed by atoms with E-state index in [1.54, 1.807) is 0 Å². The summed E-state index contributed by atoms with van der Waals surface area (Å²) in [6.45, 7) is 0. The van der Waals surface area contributed by atoms with Crippen LogP contribution in [0.5, 0.6) is 0 Å². The number of hydrogen-bond acceptors (Lipinski definition) is 3. The third-order valence-electron chi connectivity index (χ3n) is 3.81. The summed E-state index contributed by atoms with van der Waals surface area (Å²) < 4.78 is 342. The molecule has 0 aromatic heterocycles. The Bertz CT molecular complexity index is 968. The van der Waals surface area contributed by atoms with Crippen molar-refractivity contribution >= 4 is 8.80 Å². The number of rotatable bonds is 10. The topological polar surface area (TPSA) is 27.7 Å². The van der Waals surface area contributed by atoms with E-state index in [0.29, 0.717) is 0 Å². The molecule has 30 heteroatoms. The van der Waals surface area contributed by atoms with Gasteiger partial charge in [0.1, 0.15) is 0 Å². The standard InChI is InChI=1S/C12F26O3Si/c13-1(14)2(15)42(40-11(35,36)9(29,30)31,41-12(37,38)10(32,33)34)39-6(22,8(26,27)28)4(18,19)3(16,17)5(20,21)7(23,24)25. The van der Waals surface area contributed by atoms with E-state index in [1.165, 1.54) is 13.3 Å². The molecule has 42 heavy (non-hydrogen) atoms. The van der Waals surface area contributed by atoms with Gasteiger partial charge in [-0.15, -0.1) is 0 Å². The summed E-state index contributed by atoms with van der Waals surface area (Å²) >= 11 is 0. The van der Waals surface area contributed by atoms with Gasteiger partial charge in [-0.05, 0) is 0 Å². The molecule has 252 valence electrons. The highest BCUT2D eigenvalue weighted by atomic mass is 28.4. The minimum atomic E-state index is -10.4. The molecule has 0 bridgehead atoms. The van der Waals surface area contributed by atoms with E-state index in [-0.39, 0.29) is 0 Å². The van der Waals surface area contributed by atoms with Gasteiger partial charge in [0.2, 0.25) is 5.45 Å². The number of alkyl halides is 23. The minimum Gasteiger partial charge on any atom is -0.322 e. The van der Waals surface area contributed by atoms with Crippen LogP contribution in [0.3, 0.4) is 0 Å². The summed E-state index contributed by atoms with van der Waals surface area (Å²) in [5, 5.41) is 0. The largest absolute Gasteiger partial charge is 0.584 e. The number of hydrogen-bond donors (Lipinski definition) is 0. The van der Waals surface area contributed by atoms with Crippen LogP contribution in [0.4, 0.5) is 114 Å². The normalized spacial score (nSPS) is 17.3. The second kappa shape index (κ2) is 10.6. The van der Waals surface area contributed by atoms with Gasteiger partial charge in [0, 0.05) is 0 Å². The van der Waals surface area contributed by atoms with E-state index >= 15 is 0 Å².